The van der Waals surface area contributed by atoms with Crippen molar-refractivity contribution in [1.82, 2.24) is 15.1 Å². The first-order valence-electron chi connectivity index (χ1n) is 10.7. The number of likely N-dealkylation sites (tertiary alicyclic amines) is 1. The third-order valence-corrected chi connectivity index (χ3v) is 6.92. The Morgan fingerprint density at radius 1 is 1.03 bits per heavy atom. The zero-order valence-corrected chi connectivity index (χ0v) is 17.6. The second-order valence-electron chi connectivity index (χ2n) is 8.50. The molecular weight excluding hydrogens is 382 g/mol. The SMILES string of the molecule is Cl.O=C(NCc1ccccc1)N1CCC[C@@H]2CN3CCc4ccccc4[C@@H]3C[C@@H]21. The minimum Gasteiger partial charge on any atom is -0.334 e. The molecule has 154 valence electrons. The minimum absolute atomic E-state index is 0. The van der Waals surface area contributed by atoms with E-state index >= 15 is 0 Å². The number of nitrogens with one attached hydrogen (secondary N) is 1. The van der Waals surface area contributed by atoms with Gasteiger partial charge in [0.15, 0.2) is 0 Å². The van der Waals surface area contributed by atoms with E-state index in [1.165, 1.54) is 17.5 Å². The second-order valence-corrected chi connectivity index (χ2v) is 8.50. The Morgan fingerprint density at radius 2 is 1.83 bits per heavy atom. The molecule has 29 heavy (non-hydrogen) atoms. The molecular formula is C24H30ClN3O. The van der Waals surface area contributed by atoms with Crippen LogP contribution in [0.25, 0.3) is 0 Å². The molecule has 0 spiro atoms. The summed E-state index contributed by atoms with van der Waals surface area (Å²) in [5, 5.41) is 3.17. The molecule has 2 aromatic rings. The first-order chi connectivity index (χ1) is 13.8. The normalized spacial score (nSPS) is 25.8. The highest BCUT2D eigenvalue weighted by Gasteiger charge is 2.43. The van der Waals surface area contributed by atoms with Gasteiger partial charge in [0.05, 0.1) is 0 Å². The van der Waals surface area contributed by atoms with Gasteiger partial charge >= 0.3 is 6.03 Å². The van der Waals surface area contributed by atoms with E-state index < -0.39 is 0 Å². The number of rotatable bonds is 2. The Kier molecular flexibility index (Phi) is 6.12. The Balaban J connectivity index is 0.00000205. The van der Waals surface area contributed by atoms with Crippen LogP contribution in [0.5, 0.6) is 0 Å². The van der Waals surface area contributed by atoms with E-state index in [-0.39, 0.29) is 18.4 Å². The number of carbonyl (C=O) groups is 1. The van der Waals surface area contributed by atoms with Gasteiger partial charge in [0, 0.05) is 38.3 Å². The molecule has 2 amide bonds. The lowest BCUT2D eigenvalue weighted by Crippen LogP contribution is -2.59. The monoisotopic (exact) mass is 411 g/mol. The number of carbonyl (C=O) groups excluding carboxylic acids is 1. The molecule has 3 heterocycles. The molecule has 5 heteroatoms. The van der Waals surface area contributed by atoms with E-state index in [9.17, 15) is 4.79 Å². The second kappa shape index (κ2) is 8.76. The van der Waals surface area contributed by atoms with Crippen LogP contribution in [0.2, 0.25) is 0 Å². The highest BCUT2D eigenvalue weighted by Crippen LogP contribution is 2.42. The van der Waals surface area contributed by atoms with Gasteiger partial charge in [0.1, 0.15) is 0 Å². The van der Waals surface area contributed by atoms with Crippen molar-refractivity contribution in [1.29, 1.82) is 0 Å². The van der Waals surface area contributed by atoms with E-state index in [4.69, 9.17) is 0 Å². The molecule has 4 nitrogen and oxygen atoms in total. The lowest BCUT2D eigenvalue weighted by molar-refractivity contribution is 0.00568. The molecule has 1 N–H and O–H groups in total. The van der Waals surface area contributed by atoms with Gasteiger partial charge < -0.3 is 10.2 Å². The predicted octanol–water partition coefficient (Wildman–Crippen LogP) is 4.40. The summed E-state index contributed by atoms with van der Waals surface area (Å²) in [5.74, 6) is 0.609. The summed E-state index contributed by atoms with van der Waals surface area (Å²) in [4.78, 5) is 17.9. The zero-order valence-electron chi connectivity index (χ0n) is 16.8. The molecule has 2 fully saturated rings. The predicted molar refractivity (Wildman–Crippen MR) is 118 cm³/mol. The van der Waals surface area contributed by atoms with Crippen LogP contribution in [0.4, 0.5) is 4.79 Å². The maximum atomic E-state index is 13.0. The van der Waals surface area contributed by atoms with E-state index in [1.54, 1.807) is 0 Å². The number of amides is 2. The van der Waals surface area contributed by atoms with Crippen molar-refractivity contribution in [3.63, 3.8) is 0 Å². The summed E-state index contributed by atoms with van der Waals surface area (Å²) < 4.78 is 0. The zero-order chi connectivity index (χ0) is 18.9. The highest BCUT2D eigenvalue weighted by atomic mass is 35.5. The smallest absolute Gasteiger partial charge is 0.317 e. The lowest BCUT2D eigenvalue weighted by atomic mass is 9.77. The summed E-state index contributed by atoms with van der Waals surface area (Å²) in [6, 6.07) is 20.0. The van der Waals surface area contributed by atoms with Crippen molar-refractivity contribution in [2.75, 3.05) is 19.6 Å². The average molecular weight is 412 g/mol. The van der Waals surface area contributed by atoms with Gasteiger partial charge in [-0.3, -0.25) is 4.90 Å². The first kappa shape index (κ1) is 20.2. The van der Waals surface area contributed by atoms with Crippen molar-refractivity contribution in [3.8, 4) is 0 Å². The van der Waals surface area contributed by atoms with Crippen molar-refractivity contribution >= 4 is 18.4 Å². The van der Waals surface area contributed by atoms with Crippen molar-refractivity contribution < 1.29 is 4.79 Å². The fourth-order valence-corrected chi connectivity index (χ4v) is 5.52. The largest absolute Gasteiger partial charge is 0.334 e. The van der Waals surface area contributed by atoms with Crippen molar-refractivity contribution in [3.05, 3.63) is 71.3 Å². The first-order valence-corrected chi connectivity index (χ1v) is 10.7. The number of hydrogen-bond acceptors (Lipinski definition) is 2. The summed E-state index contributed by atoms with van der Waals surface area (Å²) in [5.41, 5.74) is 4.14. The molecule has 0 bridgehead atoms. The number of halogens is 1. The van der Waals surface area contributed by atoms with Gasteiger partial charge in [-0.25, -0.2) is 4.79 Å². The molecule has 2 saturated heterocycles. The van der Waals surface area contributed by atoms with Crippen molar-refractivity contribution in [2.45, 2.75) is 44.3 Å². The van der Waals surface area contributed by atoms with Crippen LogP contribution >= 0.6 is 12.4 Å². The maximum absolute atomic E-state index is 13.0. The molecule has 0 unspecified atom stereocenters. The van der Waals surface area contributed by atoms with E-state index in [1.807, 2.05) is 18.2 Å². The molecule has 2 aromatic carbocycles. The number of benzene rings is 2. The molecule has 0 radical (unpaired) electrons. The van der Waals surface area contributed by atoms with Crippen LogP contribution in [0.1, 0.15) is 42.0 Å². The Labute approximate surface area is 179 Å². The van der Waals surface area contributed by atoms with Crippen LogP contribution < -0.4 is 5.32 Å². The Morgan fingerprint density at radius 3 is 2.69 bits per heavy atom. The molecule has 0 aliphatic carbocycles. The van der Waals surface area contributed by atoms with Crippen LogP contribution in [0.15, 0.2) is 54.6 Å². The van der Waals surface area contributed by atoms with Gasteiger partial charge in [-0.05, 0) is 48.3 Å². The third kappa shape index (κ3) is 4.01. The topological polar surface area (TPSA) is 35.6 Å². The number of fused-ring (bicyclic) bond motifs is 4. The molecule has 0 aromatic heterocycles. The van der Waals surface area contributed by atoms with Gasteiger partial charge in [-0.1, -0.05) is 54.6 Å². The van der Waals surface area contributed by atoms with Gasteiger partial charge in [0.25, 0.3) is 0 Å². The Hall–Kier alpha value is -2.04. The Bertz CT molecular complexity index is 843. The average Bonchev–Trinajstić information content (AvgIpc) is 2.76. The number of piperidine rings is 2. The summed E-state index contributed by atoms with van der Waals surface area (Å²) in [6.45, 7) is 3.78. The van der Waals surface area contributed by atoms with E-state index in [0.717, 1.165) is 44.5 Å². The van der Waals surface area contributed by atoms with Crippen LogP contribution in [-0.2, 0) is 13.0 Å². The number of nitrogens with zero attached hydrogens (tertiary/aromatic N) is 2. The standard InChI is InChI=1S/C24H29N3O.ClH/c28-24(25-16-18-7-2-1-3-8-18)27-13-6-10-20-17-26-14-12-19-9-4-5-11-21(19)23(26)15-22(20)27;/h1-5,7-9,11,20,22-23H,6,10,12-17H2,(H,25,28);1H/t20-,22+,23+;/m1./s1. The van der Waals surface area contributed by atoms with Gasteiger partial charge in [-0.15, -0.1) is 12.4 Å². The molecule has 3 aliphatic rings. The van der Waals surface area contributed by atoms with Crippen molar-refractivity contribution in [2.24, 2.45) is 5.92 Å². The summed E-state index contributed by atoms with van der Waals surface area (Å²) in [7, 11) is 0. The fraction of sp³-hybridized carbons (Fsp3) is 0.458. The lowest BCUT2D eigenvalue weighted by Gasteiger charge is -2.52. The fourth-order valence-electron chi connectivity index (χ4n) is 5.52. The molecule has 3 atom stereocenters. The minimum atomic E-state index is 0. The molecule has 3 aliphatic heterocycles. The maximum Gasteiger partial charge on any atom is 0.317 e. The van der Waals surface area contributed by atoms with Crippen LogP contribution in [-0.4, -0.2) is 41.5 Å². The van der Waals surface area contributed by atoms with Crippen LogP contribution in [0.3, 0.4) is 0 Å². The van der Waals surface area contributed by atoms with E-state index in [2.05, 4.69) is 51.5 Å². The summed E-state index contributed by atoms with van der Waals surface area (Å²) >= 11 is 0. The third-order valence-electron chi connectivity index (χ3n) is 6.92. The highest BCUT2D eigenvalue weighted by molar-refractivity contribution is 5.85. The van der Waals surface area contributed by atoms with Gasteiger partial charge in [0.2, 0.25) is 0 Å². The molecule has 0 saturated carbocycles. The van der Waals surface area contributed by atoms with Gasteiger partial charge in [-0.2, -0.15) is 0 Å². The quantitative estimate of drug-likeness (QED) is 0.794. The number of hydrogen-bond donors (Lipinski definition) is 1. The summed E-state index contributed by atoms with van der Waals surface area (Å²) in [6.07, 6.45) is 4.60. The van der Waals surface area contributed by atoms with Crippen LogP contribution in [0, 0.1) is 5.92 Å². The van der Waals surface area contributed by atoms with E-state index in [0.29, 0.717) is 24.5 Å². The number of urea groups is 1. The molecule has 5 rings (SSSR count).